The molecule has 17 heavy (non-hydrogen) atoms. The topological polar surface area (TPSA) is 55.4 Å². The number of hydrogen-bond acceptors (Lipinski definition) is 3. The molecule has 0 amide bonds. The van der Waals surface area contributed by atoms with Gasteiger partial charge in [-0.3, -0.25) is 4.72 Å². The SMILES string of the molecule is CCCS(=O)(=O)Nc1cc(C)c(C)cc1OC. The van der Waals surface area contributed by atoms with Gasteiger partial charge in [0.15, 0.2) is 0 Å². The first-order valence-electron chi connectivity index (χ1n) is 5.55. The molecule has 0 aromatic heterocycles. The molecule has 96 valence electrons. The summed E-state index contributed by atoms with van der Waals surface area (Å²) in [5.74, 6) is 0.663. The minimum Gasteiger partial charge on any atom is -0.495 e. The Morgan fingerprint density at radius 3 is 2.35 bits per heavy atom. The van der Waals surface area contributed by atoms with Crippen molar-refractivity contribution in [3.8, 4) is 5.75 Å². The molecule has 1 aromatic carbocycles. The molecular formula is C12H19NO3S. The number of rotatable bonds is 5. The number of nitrogens with one attached hydrogen (secondary N) is 1. The van der Waals surface area contributed by atoms with Crippen LogP contribution in [0.25, 0.3) is 0 Å². The third kappa shape index (κ3) is 3.63. The van der Waals surface area contributed by atoms with Crippen LogP contribution in [-0.4, -0.2) is 21.3 Å². The predicted molar refractivity (Wildman–Crippen MR) is 70.2 cm³/mol. The third-order valence-electron chi connectivity index (χ3n) is 2.55. The number of hydrogen-bond donors (Lipinski definition) is 1. The molecule has 0 saturated heterocycles. The Hall–Kier alpha value is -1.23. The second-order valence-electron chi connectivity index (χ2n) is 4.06. The van der Waals surface area contributed by atoms with E-state index in [4.69, 9.17) is 4.74 Å². The van der Waals surface area contributed by atoms with Gasteiger partial charge in [-0.1, -0.05) is 6.92 Å². The molecule has 0 spiro atoms. The highest BCUT2D eigenvalue weighted by atomic mass is 32.2. The van der Waals surface area contributed by atoms with Crippen LogP contribution in [0, 0.1) is 13.8 Å². The van der Waals surface area contributed by atoms with Crippen LogP contribution < -0.4 is 9.46 Å². The maximum atomic E-state index is 11.7. The van der Waals surface area contributed by atoms with Crippen LogP contribution in [-0.2, 0) is 10.0 Å². The molecule has 0 bridgehead atoms. The van der Waals surface area contributed by atoms with Gasteiger partial charge in [-0.25, -0.2) is 8.42 Å². The average Bonchev–Trinajstić information content (AvgIpc) is 2.22. The fraction of sp³-hybridized carbons (Fsp3) is 0.500. The molecule has 5 heteroatoms. The molecular weight excluding hydrogens is 238 g/mol. The Bertz CT molecular complexity index is 495. The standard InChI is InChI=1S/C12H19NO3S/c1-5-6-17(14,15)13-11-7-9(2)10(3)8-12(11)16-4/h7-8,13H,5-6H2,1-4H3. The van der Waals surface area contributed by atoms with E-state index >= 15 is 0 Å². The summed E-state index contributed by atoms with van der Waals surface area (Å²) in [6.07, 6.45) is 0.586. The zero-order valence-corrected chi connectivity index (χ0v) is 11.5. The summed E-state index contributed by atoms with van der Waals surface area (Å²) >= 11 is 0. The summed E-state index contributed by atoms with van der Waals surface area (Å²) < 4.78 is 31.1. The Balaban J connectivity index is 3.10. The predicted octanol–water partition coefficient (Wildman–Crippen LogP) is 2.46. The molecule has 1 rings (SSSR count). The van der Waals surface area contributed by atoms with Crippen molar-refractivity contribution in [1.29, 1.82) is 0 Å². The molecule has 0 atom stereocenters. The summed E-state index contributed by atoms with van der Waals surface area (Å²) in [6, 6.07) is 3.63. The largest absolute Gasteiger partial charge is 0.495 e. The van der Waals surface area contributed by atoms with Crippen molar-refractivity contribution >= 4 is 15.7 Å². The molecule has 0 saturated carbocycles. The van der Waals surface area contributed by atoms with Crippen molar-refractivity contribution in [2.75, 3.05) is 17.6 Å². The quantitative estimate of drug-likeness (QED) is 0.881. The number of ether oxygens (including phenoxy) is 1. The van der Waals surface area contributed by atoms with Gasteiger partial charge in [0.2, 0.25) is 10.0 Å². The van der Waals surface area contributed by atoms with Crippen LogP contribution >= 0.6 is 0 Å². The van der Waals surface area contributed by atoms with E-state index in [1.165, 1.54) is 7.11 Å². The highest BCUT2D eigenvalue weighted by Gasteiger charge is 2.13. The van der Waals surface area contributed by atoms with Gasteiger partial charge >= 0.3 is 0 Å². The van der Waals surface area contributed by atoms with Crippen LogP contribution in [0.15, 0.2) is 12.1 Å². The van der Waals surface area contributed by atoms with Crippen molar-refractivity contribution in [2.45, 2.75) is 27.2 Å². The first-order valence-corrected chi connectivity index (χ1v) is 7.20. The molecule has 0 radical (unpaired) electrons. The number of benzene rings is 1. The Kier molecular flexibility index (Phi) is 4.40. The monoisotopic (exact) mass is 257 g/mol. The van der Waals surface area contributed by atoms with Gasteiger partial charge in [0, 0.05) is 0 Å². The van der Waals surface area contributed by atoms with Gasteiger partial charge in [0.05, 0.1) is 18.6 Å². The lowest BCUT2D eigenvalue weighted by Crippen LogP contribution is -2.16. The lowest BCUT2D eigenvalue weighted by atomic mass is 10.1. The summed E-state index contributed by atoms with van der Waals surface area (Å²) in [5, 5.41) is 0. The molecule has 0 fully saturated rings. The van der Waals surface area contributed by atoms with E-state index in [1.54, 1.807) is 6.07 Å². The summed E-state index contributed by atoms with van der Waals surface area (Å²) in [4.78, 5) is 0. The van der Waals surface area contributed by atoms with Crippen LogP contribution in [0.5, 0.6) is 5.75 Å². The van der Waals surface area contributed by atoms with E-state index in [0.717, 1.165) is 11.1 Å². The zero-order chi connectivity index (χ0) is 13.1. The third-order valence-corrected chi connectivity index (χ3v) is 4.03. The van der Waals surface area contributed by atoms with E-state index < -0.39 is 10.0 Å². The zero-order valence-electron chi connectivity index (χ0n) is 10.7. The fourth-order valence-corrected chi connectivity index (χ4v) is 2.66. The summed E-state index contributed by atoms with van der Waals surface area (Å²) in [5.41, 5.74) is 2.60. The first-order chi connectivity index (χ1) is 7.89. The number of sulfonamides is 1. The van der Waals surface area contributed by atoms with E-state index in [2.05, 4.69) is 4.72 Å². The number of methoxy groups -OCH3 is 1. The Morgan fingerprint density at radius 2 is 1.82 bits per heavy atom. The number of aryl methyl sites for hydroxylation is 2. The molecule has 1 aromatic rings. The van der Waals surface area contributed by atoms with Gasteiger partial charge in [0.1, 0.15) is 5.75 Å². The van der Waals surface area contributed by atoms with Gasteiger partial charge < -0.3 is 4.74 Å². The summed E-state index contributed by atoms with van der Waals surface area (Å²) in [6.45, 7) is 5.73. The smallest absolute Gasteiger partial charge is 0.232 e. The van der Waals surface area contributed by atoms with Crippen molar-refractivity contribution in [1.82, 2.24) is 0 Å². The Morgan fingerprint density at radius 1 is 1.24 bits per heavy atom. The second kappa shape index (κ2) is 5.40. The molecule has 1 N–H and O–H groups in total. The molecule has 4 nitrogen and oxygen atoms in total. The van der Waals surface area contributed by atoms with Crippen molar-refractivity contribution < 1.29 is 13.2 Å². The van der Waals surface area contributed by atoms with Gasteiger partial charge in [0.25, 0.3) is 0 Å². The van der Waals surface area contributed by atoms with Gasteiger partial charge in [-0.15, -0.1) is 0 Å². The van der Waals surface area contributed by atoms with Crippen molar-refractivity contribution in [3.63, 3.8) is 0 Å². The van der Waals surface area contributed by atoms with E-state index in [-0.39, 0.29) is 5.75 Å². The van der Waals surface area contributed by atoms with Crippen LogP contribution in [0.1, 0.15) is 24.5 Å². The van der Waals surface area contributed by atoms with Crippen LogP contribution in [0.4, 0.5) is 5.69 Å². The van der Waals surface area contributed by atoms with Crippen LogP contribution in [0.3, 0.4) is 0 Å². The van der Waals surface area contributed by atoms with Crippen molar-refractivity contribution in [2.24, 2.45) is 0 Å². The van der Waals surface area contributed by atoms with E-state index in [9.17, 15) is 8.42 Å². The average molecular weight is 257 g/mol. The van der Waals surface area contributed by atoms with Crippen LogP contribution in [0.2, 0.25) is 0 Å². The molecule has 0 aliphatic carbocycles. The minimum atomic E-state index is -3.28. The minimum absolute atomic E-state index is 0.114. The molecule has 0 aliphatic rings. The van der Waals surface area contributed by atoms with Crippen molar-refractivity contribution in [3.05, 3.63) is 23.3 Å². The first kappa shape index (κ1) is 13.8. The normalized spacial score (nSPS) is 11.3. The molecule has 0 aliphatic heterocycles. The van der Waals surface area contributed by atoms with E-state index in [1.807, 2.05) is 26.8 Å². The molecule has 0 heterocycles. The highest BCUT2D eigenvalue weighted by Crippen LogP contribution is 2.28. The fourth-order valence-electron chi connectivity index (χ4n) is 1.53. The lowest BCUT2D eigenvalue weighted by molar-refractivity contribution is 0.416. The Labute approximate surface area is 103 Å². The summed E-state index contributed by atoms with van der Waals surface area (Å²) in [7, 11) is -1.75. The maximum Gasteiger partial charge on any atom is 0.232 e. The van der Waals surface area contributed by atoms with Gasteiger partial charge in [-0.2, -0.15) is 0 Å². The maximum absolute atomic E-state index is 11.7. The van der Waals surface area contributed by atoms with Gasteiger partial charge in [-0.05, 0) is 43.5 Å². The number of anilines is 1. The van der Waals surface area contributed by atoms with E-state index in [0.29, 0.717) is 17.9 Å². The highest BCUT2D eigenvalue weighted by molar-refractivity contribution is 7.92. The second-order valence-corrected chi connectivity index (χ2v) is 5.90. The lowest BCUT2D eigenvalue weighted by Gasteiger charge is -2.13. The molecule has 0 unspecified atom stereocenters.